The Bertz CT molecular complexity index is 779. The van der Waals surface area contributed by atoms with Gasteiger partial charge in [-0.1, -0.05) is 37.3 Å². The zero-order valence-electron chi connectivity index (χ0n) is 17.2. The smallest absolute Gasteiger partial charge is 0.123 e. The van der Waals surface area contributed by atoms with Crippen LogP contribution in [0.3, 0.4) is 0 Å². The normalized spacial score (nSPS) is 29.3. The highest BCUT2D eigenvalue weighted by atomic mass is 16.5. The summed E-state index contributed by atoms with van der Waals surface area (Å²) in [7, 11) is 3.44. The average molecular weight is 381 g/mol. The Hall–Kier alpha value is -2.04. The van der Waals surface area contributed by atoms with Crippen molar-refractivity contribution in [2.75, 3.05) is 14.2 Å². The minimum Gasteiger partial charge on any atom is -0.497 e. The van der Waals surface area contributed by atoms with Crippen molar-refractivity contribution in [2.24, 2.45) is 11.8 Å². The first-order chi connectivity index (χ1) is 13.7. The number of methoxy groups -OCH3 is 2. The number of piperidine rings is 1. The minimum atomic E-state index is 0.337. The van der Waals surface area contributed by atoms with E-state index >= 15 is 0 Å². The Balaban J connectivity index is 1.57. The fraction of sp³-hybridized carbons (Fsp3) is 0.500. The largest absolute Gasteiger partial charge is 0.497 e. The van der Waals surface area contributed by atoms with Gasteiger partial charge < -0.3 is 20.1 Å². The van der Waals surface area contributed by atoms with Crippen LogP contribution in [0.2, 0.25) is 0 Å². The van der Waals surface area contributed by atoms with Gasteiger partial charge in [-0.25, -0.2) is 0 Å². The van der Waals surface area contributed by atoms with Crippen LogP contribution in [0.5, 0.6) is 11.5 Å². The molecule has 5 atom stereocenters. The number of hydrogen-bond donors (Lipinski definition) is 2. The molecule has 1 saturated carbocycles. The summed E-state index contributed by atoms with van der Waals surface area (Å²) in [4.78, 5) is 0. The molecule has 150 valence electrons. The van der Waals surface area contributed by atoms with Crippen molar-refractivity contribution in [1.29, 1.82) is 0 Å². The van der Waals surface area contributed by atoms with Gasteiger partial charge in [0.25, 0.3) is 0 Å². The predicted octanol–water partition coefficient (Wildman–Crippen LogP) is 4.31. The van der Waals surface area contributed by atoms with Crippen LogP contribution in [0.1, 0.15) is 43.4 Å². The summed E-state index contributed by atoms with van der Waals surface area (Å²) < 4.78 is 11.0. The van der Waals surface area contributed by atoms with Crippen molar-refractivity contribution in [3.63, 3.8) is 0 Å². The molecule has 1 aliphatic carbocycles. The molecule has 2 bridgehead atoms. The van der Waals surface area contributed by atoms with E-state index in [1.165, 1.54) is 24.8 Å². The Morgan fingerprint density at radius 3 is 2.61 bits per heavy atom. The zero-order valence-corrected chi connectivity index (χ0v) is 17.2. The van der Waals surface area contributed by atoms with Crippen LogP contribution < -0.4 is 20.1 Å². The van der Waals surface area contributed by atoms with Crippen molar-refractivity contribution in [3.05, 3.63) is 59.7 Å². The lowest BCUT2D eigenvalue weighted by molar-refractivity contribution is 0.0931. The molecule has 0 aromatic heterocycles. The van der Waals surface area contributed by atoms with Crippen LogP contribution in [0.15, 0.2) is 48.5 Å². The van der Waals surface area contributed by atoms with E-state index < -0.39 is 0 Å². The van der Waals surface area contributed by atoms with E-state index in [1.807, 2.05) is 12.1 Å². The molecule has 1 heterocycles. The molecule has 0 spiro atoms. The summed E-state index contributed by atoms with van der Waals surface area (Å²) >= 11 is 0. The molecule has 1 saturated heterocycles. The van der Waals surface area contributed by atoms with Crippen LogP contribution in [-0.2, 0) is 6.54 Å². The summed E-state index contributed by atoms with van der Waals surface area (Å²) in [5, 5.41) is 7.85. The molecule has 4 rings (SSSR count). The summed E-state index contributed by atoms with van der Waals surface area (Å²) in [5.74, 6) is 3.22. The Morgan fingerprint density at radius 2 is 1.86 bits per heavy atom. The minimum absolute atomic E-state index is 0.337. The molecule has 28 heavy (non-hydrogen) atoms. The topological polar surface area (TPSA) is 42.5 Å². The van der Waals surface area contributed by atoms with Gasteiger partial charge in [-0.2, -0.15) is 0 Å². The van der Waals surface area contributed by atoms with Crippen molar-refractivity contribution in [2.45, 2.75) is 50.9 Å². The van der Waals surface area contributed by atoms with Crippen LogP contribution in [0.25, 0.3) is 0 Å². The predicted molar refractivity (Wildman–Crippen MR) is 113 cm³/mol. The quantitative estimate of drug-likeness (QED) is 0.784. The second-order valence-corrected chi connectivity index (χ2v) is 8.30. The fourth-order valence-electron chi connectivity index (χ4n) is 5.02. The second kappa shape index (κ2) is 8.54. The van der Waals surface area contributed by atoms with E-state index in [0.29, 0.717) is 24.0 Å². The number of hydrogen-bond acceptors (Lipinski definition) is 4. The van der Waals surface area contributed by atoms with Crippen LogP contribution >= 0.6 is 0 Å². The molecule has 2 N–H and O–H groups in total. The van der Waals surface area contributed by atoms with E-state index in [-0.39, 0.29) is 0 Å². The van der Waals surface area contributed by atoms with Crippen molar-refractivity contribution < 1.29 is 9.47 Å². The van der Waals surface area contributed by atoms with Gasteiger partial charge in [0.2, 0.25) is 0 Å². The highest BCUT2D eigenvalue weighted by Gasteiger charge is 2.42. The molecular formula is C24H32N2O2. The van der Waals surface area contributed by atoms with Crippen LogP contribution in [0.4, 0.5) is 0 Å². The van der Waals surface area contributed by atoms with Gasteiger partial charge in [0.1, 0.15) is 11.5 Å². The Labute approximate surface area is 168 Å². The number of rotatable bonds is 6. The van der Waals surface area contributed by atoms with Gasteiger partial charge in [0.05, 0.1) is 14.2 Å². The Morgan fingerprint density at radius 1 is 1.04 bits per heavy atom. The number of benzene rings is 2. The SMILES string of the molecule is COc1ccc(OC)c(CNC2C3CCC(C)C(C3)NC2c2ccccc2)c1. The standard InChI is InChI=1S/C24H32N2O2/c1-16-9-10-18-14-21(16)26-24(17-7-5-4-6-8-17)23(18)25-15-19-13-20(27-2)11-12-22(19)28-3/h4-8,11-13,16,18,21,23-26H,9-10,14-15H2,1-3H3. The van der Waals surface area contributed by atoms with Gasteiger partial charge in [-0.05, 0) is 54.9 Å². The summed E-state index contributed by atoms with van der Waals surface area (Å²) in [6.07, 6.45) is 3.87. The van der Waals surface area contributed by atoms with Gasteiger partial charge in [0, 0.05) is 30.2 Å². The van der Waals surface area contributed by atoms with E-state index in [4.69, 9.17) is 9.47 Å². The lowest BCUT2D eigenvalue weighted by Crippen LogP contribution is -2.58. The molecular weight excluding hydrogens is 348 g/mol. The lowest BCUT2D eigenvalue weighted by Gasteiger charge is -2.49. The van der Waals surface area contributed by atoms with Gasteiger partial charge in [-0.3, -0.25) is 0 Å². The maximum absolute atomic E-state index is 5.58. The maximum Gasteiger partial charge on any atom is 0.123 e. The lowest BCUT2D eigenvalue weighted by atomic mass is 9.69. The first kappa shape index (κ1) is 19.3. The monoisotopic (exact) mass is 380 g/mol. The number of nitrogens with one attached hydrogen (secondary N) is 2. The first-order valence-corrected chi connectivity index (χ1v) is 10.4. The molecule has 1 aliphatic heterocycles. The Kier molecular flexibility index (Phi) is 5.88. The molecule has 0 radical (unpaired) electrons. The third kappa shape index (κ3) is 3.89. The highest BCUT2D eigenvalue weighted by Crippen LogP contribution is 2.41. The third-order valence-electron chi connectivity index (χ3n) is 6.67. The fourth-order valence-corrected chi connectivity index (χ4v) is 5.02. The maximum atomic E-state index is 5.58. The second-order valence-electron chi connectivity index (χ2n) is 8.30. The average Bonchev–Trinajstić information content (AvgIpc) is 2.75. The molecule has 4 nitrogen and oxygen atoms in total. The summed E-state index contributed by atoms with van der Waals surface area (Å²) in [5.41, 5.74) is 2.52. The molecule has 4 heteroatoms. The number of fused-ring (bicyclic) bond motifs is 2. The molecule has 2 aromatic rings. The van der Waals surface area contributed by atoms with Gasteiger partial charge >= 0.3 is 0 Å². The zero-order chi connectivity index (χ0) is 19.5. The molecule has 2 fully saturated rings. The van der Waals surface area contributed by atoms with E-state index in [0.717, 1.165) is 29.5 Å². The van der Waals surface area contributed by atoms with Gasteiger partial charge in [0.15, 0.2) is 0 Å². The van der Waals surface area contributed by atoms with E-state index in [2.05, 4.69) is 54.0 Å². The highest BCUT2D eigenvalue weighted by molar-refractivity contribution is 5.40. The molecule has 5 unspecified atom stereocenters. The van der Waals surface area contributed by atoms with Crippen molar-refractivity contribution in [1.82, 2.24) is 10.6 Å². The van der Waals surface area contributed by atoms with Gasteiger partial charge in [-0.15, -0.1) is 0 Å². The van der Waals surface area contributed by atoms with E-state index in [9.17, 15) is 0 Å². The van der Waals surface area contributed by atoms with Crippen LogP contribution in [0, 0.1) is 11.8 Å². The molecule has 2 aliphatic rings. The number of ether oxygens (including phenoxy) is 2. The summed E-state index contributed by atoms with van der Waals surface area (Å²) in [6.45, 7) is 3.16. The van der Waals surface area contributed by atoms with E-state index in [1.54, 1.807) is 14.2 Å². The summed E-state index contributed by atoms with van der Waals surface area (Å²) in [6, 6.07) is 18.3. The van der Waals surface area contributed by atoms with Crippen molar-refractivity contribution in [3.8, 4) is 11.5 Å². The molecule has 0 amide bonds. The van der Waals surface area contributed by atoms with Crippen molar-refractivity contribution >= 4 is 0 Å². The molecule has 2 aromatic carbocycles. The first-order valence-electron chi connectivity index (χ1n) is 10.4. The van der Waals surface area contributed by atoms with Crippen LogP contribution in [-0.4, -0.2) is 26.3 Å². The third-order valence-corrected chi connectivity index (χ3v) is 6.67.